The summed E-state index contributed by atoms with van der Waals surface area (Å²) in [5.41, 5.74) is 0. The molecule has 0 amide bonds. The van der Waals surface area contributed by atoms with Gasteiger partial charge in [0.05, 0.1) is 6.92 Å². The van der Waals surface area contributed by atoms with Crippen LogP contribution in [-0.4, -0.2) is 11.1 Å². The molecule has 23 valence electrons. The molecule has 0 aromatic carbocycles. The Labute approximate surface area is 24.1 Å². The lowest BCUT2D eigenvalue weighted by atomic mass is 11.3. The van der Waals surface area contributed by atoms with Gasteiger partial charge in [-0.3, -0.25) is 4.79 Å². The molecule has 0 saturated carbocycles. The molecule has 0 aliphatic heterocycles. The van der Waals surface area contributed by atoms with E-state index < -0.39 is 5.97 Å². The van der Waals surface area contributed by atoms with E-state index in [9.17, 15) is 0 Å². The van der Waals surface area contributed by atoms with Crippen LogP contribution in [0.1, 0.15) is 0 Å². The molecule has 1 radical (unpaired) electrons. The lowest BCUT2D eigenvalue weighted by Gasteiger charge is -1.58. The molecule has 0 heterocycles. The molecule has 4 heavy (non-hydrogen) atoms. The van der Waals surface area contributed by atoms with Crippen LogP contribution in [0.3, 0.4) is 0 Å². The van der Waals surface area contributed by atoms with E-state index in [-0.39, 0.29) is 0 Å². The molecule has 0 fully saturated rings. The first-order chi connectivity index (χ1) is 1.73. The maximum atomic E-state index is 8.89. The van der Waals surface area contributed by atoms with Gasteiger partial charge >= 0.3 is 5.97 Å². The van der Waals surface area contributed by atoms with E-state index >= 15 is 0 Å². The smallest absolute Gasteiger partial charge is 0.303 e. The van der Waals surface area contributed by atoms with Gasteiger partial charge in [-0.2, -0.15) is 0 Å². The Bertz CT molecular complexity index is 27.0. The van der Waals surface area contributed by atoms with Crippen molar-refractivity contribution in [1.29, 1.82) is 0 Å². The summed E-state index contributed by atoms with van der Waals surface area (Å²) in [7, 11) is 0. The number of carboxylic acids is 1. The van der Waals surface area contributed by atoms with Gasteiger partial charge in [0, 0.05) is 0 Å². The minimum atomic E-state index is -1.08. The fraction of sp³-hybridized carbons (Fsp3) is 0. The predicted octanol–water partition coefficient (Wildman–Crippen LogP) is -0.0949. The van der Waals surface area contributed by atoms with E-state index in [2.05, 4.69) is 6.92 Å². The number of hydrogen-bond donors (Lipinski definition) is 1. The minimum absolute atomic E-state index is 1.08. The number of rotatable bonds is 0. The van der Waals surface area contributed by atoms with Crippen molar-refractivity contribution in [2.24, 2.45) is 0 Å². The molecular weight excluding hydrogens is 58.0 g/mol. The molecule has 0 spiro atoms. The first-order valence-corrected chi connectivity index (χ1v) is 0.781. The van der Waals surface area contributed by atoms with Crippen molar-refractivity contribution in [3.05, 3.63) is 6.92 Å². The van der Waals surface area contributed by atoms with Gasteiger partial charge in [0.25, 0.3) is 0 Å². The average Bonchev–Trinajstić information content (AvgIpc) is 0.811. The summed E-state index contributed by atoms with van der Waals surface area (Å²) in [6, 6.07) is 0. The fourth-order valence-electron chi connectivity index (χ4n) is 0. The van der Waals surface area contributed by atoms with E-state index in [4.69, 9.17) is 9.90 Å². The zero-order valence-electron chi connectivity index (χ0n) is 2.06. The van der Waals surface area contributed by atoms with Gasteiger partial charge in [-0.15, -0.1) is 0 Å². The normalized spacial score (nSPS) is 6.25. The molecule has 0 unspecified atom stereocenters. The van der Waals surface area contributed by atoms with Crippen molar-refractivity contribution in [3.8, 4) is 0 Å². The summed E-state index contributed by atoms with van der Waals surface area (Å²) in [6.07, 6.45) is 0. The summed E-state index contributed by atoms with van der Waals surface area (Å²) in [5, 5.41) is 7.31. The highest BCUT2D eigenvalue weighted by Gasteiger charge is 1.66. The first-order valence-electron chi connectivity index (χ1n) is 0.781. The lowest BCUT2D eigenvalue weighted by Crippen LogP contribution is -1.79. The van der Waals surface area contributed by atoms with Crippen molar-refractivity contribution in [2.75, 3.05) is 0 Å². The Morgan fingerprint density at radius 1 is 2.00 bits per heavy atom. The second-order valence-electron chi connectivity index (χ2n) is 0.394. The van der Waals surface area contributed by atoms with Crippen LogP contribution in [0.25, 0.3) is 0 Å². The molecule has 0 saturated heterocycles. The summed E-state index contributed by atoms with van der Waals surface area (Å²) in [4.78, 5) is 8.89. The van der Waals surface area contributed by atoms with E-state index in [1.54, 1.807) is 0 Å². The number of aliphatic carboxylic acids is 1. The number of carbonyl (C=O) groups is 1. The van der Waals surface area contributed by atoms with Gasteiger partial charge < -0.3 is 5.11 Å². The molecule has 0 rings (SSSR count). The van der Waals surface area contributed by atoms with Crippen molar-refractivity contribution in [3.63, 3.8) is 0 Å². The fourth-order valence-corrected chi connectivity index (χ4v) is 0. The summed E-state index contributed by atoms with van der Waals surface area (Å²) >= 11 is 0. The summed E-state index contributed by atoms with van der Waals surface area (Å²) in [5.74, 6) is -1.08. The van der Waals surface area contributed by atoms with Crippen molar-refractivity contribution < 1.29 is 9.90 Å². The zero-order chi connectivity index (χ0) is 3.58. The van der Waals surface area contributed by atoms with Crippen LogP contribution in [0, 0.1) is 6.92 Å². The molecule has 2 heteroatoms. The number of carboxylic acid groups (broad SMARTS) is 1. The van der Waals surface area contributed by atoms with Crippen molar-refractivity contribution >= 4 is 5.97 Å². The second-order valence-corrected chi connectivity index (χ2v) is 0.394. The Hall–Kier alpha value is -0.530. The SMILES string of the molecule is [14CH2]C(=O)O. The molecule has 0 atom stereocenters. The zero-order valence-corrected chi connectivity index (χ0v) is 2.06. The van der Waals surface area contributed by atoms with E-state index in [0.29, 0.717) is 0 Å². The molecule has 0 aromatic heterocycles. The summed E-state index contributed by atoms with van der Waals surface area (Å²) in [6.45, 7) is 2.56. The molecule has 0 bridgehead atoms. The standard InChI is InChI=1S/C2H3O2/c1-2(3)4/h1H2,(H,3,4)/i1+2. The van der Waals surface area contributed by atoms with E-state index in [1.165, 1.54) is 0 Å². The molecular formula is C2H3O2. The van der Waals surface area contributed by atoms with Gasteiger partial charge in [0.2, 0.25) is 0 Å². The molecule has 2 nitrogen and oxygen atoms in total. The molecule has 0 aliphatic carbocycles. The van der Waals surface area contributed by atoms with Gasteiger partial charge in [-0.25, -0.2) is 0 Å². The highest BCUT2D eigenvalue weighted by atomic mass is 16.4. The average molecular weight is 61.0 g/mol. The maximum absolute atomic E-state index is 8.89. The quantitative estimate of drug-likeness (QED) is 0.425. The van der Waals surface area contributed by atoms with Gasteiger partial charge in [0.15, 0.2) is 0 Å². The van der Waals surface area contributed by atoms with Crippen LogP contribution in [0.4, 0.5) is 0 Å². The van der Waals surface area contributed by atoms with Crippen LogP contribution in [-0.2, 0) is 4.79 Å². The minimum Gasteiger partial charge on any atom is -0.481 e. The Balaban J connectivity index is 2.80. The van der Waals surface area contributed by atoms with Crippen LogP contribution >= 0.6 is 0 Å². The van der Waals surface area contributed by atoms with Crippen LogP contribution in [0.15, 0.2) is 0 Å². The van der Waals surface area contributed by atoms with E-state index in [1.807, 2.05) is 0 Å². The lowest BCUT2D eigenvalue weighted by molar-refractivity contribution is -0.131. The Kier molecular flexibility index (Phi) is 0.759. The third-order valence-corrected chi connectivity index (χ3v) is 0. The highest BCUT2D eigenvalue weighted by Crippen LogP contribution is 1.40. The molecule has 0 aliphatic rings. The van der Waals surface area contributed by atoms with Crippen molar-refractivity contribution in [2.45, 2.75) is 0 Å². The van der Waals surface area contributed by atoms with Gasteiger partial charge in [0.1, 0.15) is 0 Å². The second kappa shape index (κ2) is 0.875. The van der Waals surface area contributed by atoms with E-state index in [0.717, 1.165) is 0 Å². The Morgan fingerprint density at radius 2 is 2.00 bits per heavy atom. The first kappa shape index (κ1) is 3.47. The predicted molar refractivity (Wildman–Crippen MR) is 13.0 cm³/mol. The molecule has 1 N–H and O–H groups in total. The highest BCUT2D eigenvalue weighted by molar-refractivity contribution is 5.71. The largest absolute Gasteiger partial charge is 0.481 e. The van der Waals surface area contributed by atoms with Gasteiger partial charge in [-0.1, -0.05) is 0 Å². The van der Waals surface area contributed by atoms with Crippen LogP contribution in [0.2, 0.25) is 0 Å². The van der Waals surface area contributed by atoms with Gasteiger partial charge in [-0.05, 0) is 0 Å². The number of hydrogen-bond acceptors (Lipinski definition) is 1. The van der Waals surface area contributed by atoms with Crippen LogP contribution in [0.5, 0.6) is 0 Å². The summed E-state index contributed by atoms with van der Waals surface area (Å²) < 4.78 is 0. The Morgan fingerprint density at radius 3 is 2.00 bits per heavy atom. The van der Waals surface area contributed by atoms with Crippen molar-refractivity contribution in [1.82, 2.24) is 0 Å². The van der Waals surface area contributed by atoms with Crippen LogP contribution < -0.4 is 0 Å². The third kappa shape index (κ3) is 1.16. The third-order valence-electron chi connectivity index (χ3n) is 0. The topological polar surface area (TPSA) is 37.3 Å². The molecule has 0 aromatic rings. The monoisotopic (exact) mass is 61.0 g/mol. The maximum Gasteiger partial charge on any atom is 0.303 e.